The zero-order chi connectivity index (χ0) is 27.4. The van der Waals surface area contributed by atoms with Gasteiger partial charge in [0.15, 0.2) is 0 Å². The van der Waals surface area contributed by atoms with Crippen molar-refractivity contribution in [3.63, 3.8) is 0 Å². The number of nitrogens with one attached hydrogen (secondary N) is 2. The van der Waals surface area contributed by atoms with Gasteiger partial charge >= 0.3 is 0 Å². The normalized spacial score (nSPS) is 18.1. The number of amides is 2. The lowest BCUT2D eigenvalue weighted by Gasteiger charge is -2.27. The molecule has 0 spiro atoms. The van der Waals surface area contributed by atoms with Crippen molar-refractivity contribution in [2.24, 2.45) is 0 Å². The summed E-state index contributed by atoms with van der Waals surface area (Å²) < 4.78 is 11.7. The second-order valence-corrected chi connectivity index (χ2v) is 9.74. The molecule has 1 saturated heterocycles. The number of anilines is 1. The Kier molecular flexibility index (Phi) is 7.50. The van der Waals surface area contributed by atoms with Crippen molar-refractivity contribution in [3.8, 4) is 29.1 Å². The summed E-state index contributed by atoms with van der Waals surface area (Å²) >= 11 is 0. The van der Waals surface area contributed by atoms with Crippen molar-refractivity contribution in [1.82, 2.24) is 15.6 Å². The standard InChI is InChI=1S/C30H30N4O5/c1-20-3-6-22(7-4-20)39-23-10-14-32-24(18-23)28(35)33-25-19-38-27-8-5-21(17-26(27)34(2)29(25)36)9-11-30(37)12-15-31-16-13-30/h3-8,10,14,17-18,25,31,37H,12-13,15-16,19H2,1-2H3,(H,33,35)/t25-/m0/s1. The van der Waals surface area contributed by atoms with Crippen molar-refractivity contribution >= 4 is 17.5 Å². The third-order valence-electron chi connectivity index (χ3n) is 6.75. The number of piperidine rings is 1. The number of fused-ring (bicyclic) bond motifs is 1. The minimum absolute atomic E-state index is 0.0424. The molecule has 0 aliphatic carbocycles. The van der Waals surface area contributed by atoms with Crippen LogP contribution in [0.25, 0.3) is 0 Å². The summed E-state index contributed by atoms with van der Waals surface area (Å²) in [6.45, 7) is 3.38. The van der Waals surface area contributed by atoms with E-state index in [0.717, 1.165) is 5.56 Å². The molecule has 3 N–H and O–H groups in total. The number of aromatic nitrogens is 1. The fraction of sp³-hybridized carbons (Fsp3) is 0.300. The number of aryl methyl sites for hydroxylation is 1. The van der Waals surface area contributed by atoms with Gasteiger partial charge in [-0.15, -0.1) is 0 Å². The van der Waals surface area contributed by atoms with E-state index in [1.807, 2.05) is 31.2 Å². The zero-order valence-electron chi connectivity index (χ0n) is 21.9. The van der Waals surface area contributed by atoms with Gasteiger partial charge in [0.1, 0.15) is 41.2 Å². The van der Waals surface area contributed by atoms with E-state index in [1.165, 1.54) is 17.2 Å². The molecular weight excluding hydrogens is 496 g/mol. The lowest BCUT2D eigenvalue weighted by molar-refractivity contribution is -0.120. The topological polar surface area (TPSA) is 113 Å². The fourth-order valence-corrected chi connectivity index (χ4v) is 4.41. The Morgan fingerprint density at radius 2 is 1.92 bits per heavy atom. The van der Waals surface area contributed by atoms with Crippen LogP contribution in [0.4, 0.5) is 5.69 Å². The number of hydrogen-bond donors (Lipinski definition) is 3. The molecule has 200 valence electrons. The van der Waals surface area contributed by atoms with Gasteiger partial charge in [-0.25, -0.2) is 0 Å². The van der Waals surface area contributed by atoms with Crippen LogP contribution in [-0.2, 0) is 4.79 Å². The first-order chi connectivity index (χ1) is 18.8. The minimum atomic E-state index is -1.03. The van der Waals surface area contributed by atoms with E-state index in [9.17, 15) is 14.7 Å². The van der Waals surface area contributed by atoms with E-state index in [0.29, 0.717) is 54.4 Å². The first-order valence-electron chi connectivity index (χ1n) is 12.8. The summed E-state index contributed by atoms with van der Waals surface area (Å²) in [5.41, 5.74) is 1.39. The highest BCUT2D eigenvalue weighted by Gasteiger charge is 2.31. The number of aliphatic hydroxyl groups is 1. The monoisotopic (exact) mass is 526 g/mol. The second-order valence-electron chi connectivity index (χ2n) is 9.74. The molecule has 2 aromatic carbocycles. The van der Waals surface area contributed by atoms with Crippen LogP contribution in [0.15, 0.2) is 60.8 Å². The minimum Gasteiger partial charge on any atom is -0.489 e. The van der Waals surface area contributed by atoms with Crippen molar-refractivity contribution in [3.05, 3.63) is 77.6 Å². The molecule has 2 aliphatic rings. The average molecular weight is 527 g/mol. The number of carbonyl (C=O) groups excluding carboxylic acids is 2. The smallest absolute Gasteiger partial charge is 0.270 e. The van der Waals surface area contributed by atoms with E-state index < -0.39 is 17.6 Å². The molecule has 2 amide bonds. The third kappa shape index (κ3) is 6.20. The maximum Gasteiger partial charge on any atom is 0.270 e. The molecule has 3 heterocycles. The lowest BCUT2D eigenvalue weighted by atomic mass is 9.93. The molecule has 2 aliphatic heterocycles. The second kappa shape index (κ2) is 11.2. The Balaban J connectivity index is 1.28. The van der Waals surface area contributed by atoms with Crippen LogP contribution in [0.5, 0.6) is 17.2 Å². The molecule has 3 aromatic rings. The molecule has 0 unspecified atom stereocenters. The first-order valence-corrected chi connectivity index (χ1v) is 12.8. The number of rotatable bonds is 4. The van der Waals surface area contributed by atoms with E-state index in [-0.39, 0.29) is 18.2 Å². The molecule has 0 radical (unpaired) electrons. The van der Waals surface area contributed by atoms with Crippen LogP contribution in [0.1, 0.15) is 34.5 Å². The molecule has 39 heavy (non-hydrogen) atoms. The number of likely N-dealkylation sites (N-methyl/N-ethyl adjacent to an activating group) is 1. The van der Waals surface area contributed by atoms with Crippen molar-refractivity contribution in [2.75, 3.05) is 31.6 Å². The molecule has 1 aromatic heterocycles. The molecule has 9 nitrogen and oxygen atoms in total. The highest BCUT2D eigenvalue weighted by Crippen LogP contribution is 2.32. The molecule has 0 bridgehead atoms. The zero-order valence-corrected chi connectivity index (χ0v) is 21.9. The van der Waals surface area contributed by atoms with Gasteiger partial charge in [-0.1, -0.05) is 29.5 Å². The third-order valence-corrected chi connectivity index (χ3v) is 6.75. The summed E-state index contributed by atoms with van der Waals surface area (Å²) in [6.07, 6.45) is 2.60. The summed E-state index contributed by atoms with van der Waals surface area (Å²) in [4.78, 5) is 31.9. The fourth-order valence-electron chi connectivity index (χ4n) is 4.41. The highest BCUT2D eigenvalue weighted by atomic mass is 16.5. The van der Waals surface area contributed by atoms with Crippen LogP contribution < -0.4 is 25.0 Å². The average Bonchev–Trinajstić information content (AvgIpc) is 3.06. The highest BCUT2D eigenvalue weighted by molar-refractivity contribution is 6.03. The van der Waals surface area contributed by atoms with Crippen molar-refractivity contribution in [2.45, 2.75) is 31.4 Å². The molecule has 1 fully saturated rings. The summed E-state index contributed by atoms with van der Waals surface area (Å²) in [5, 5.41) is 16.6. The van der Waals surface area contributed by atoms with Gasteiger partial charge < -0.3 is 30.1 Å². The molecule has 5 rings (SSSR count). The maximum atomic E-state index is 13.3. The van der Waals surface area contributed by atoms with Gasteiger partial charge in [0.2, 0.25) is 0 Å². The molecule has 9 heteroatoms. The Morgan fingerprint density at radius 1 is 1.15 bits per heavy atom. The van der Waals surface area contributed by atoms with Gasteiger partial charge in [0.05, 0.1) is 5.69 Å². The van der Waals surface area contributed by atoms with Gasteiger partial charge in [-0.05, 0) is 69.3 Å². The largest absolute Gasteiger partial charge is 0.489 e. The number of pyridine rings is 1. The summed E-state index contributed by atoms with van der Waals surface area (Å²) in [5.74, 6) is 6.76. The molecule has 1 atom stereocenters. The van der Waals surface area contributed by atoms with Crippen molar-refractivity contribution < 1.29 is 24.2 Å². The van der Waals surface area contributed by atoms with Crippen LogP contribution in [-0.4, -0.2) is 60.3 Å². The number of nitrogens with zero attached hydrogens (tertiary/aromatic N) is 2. The van der Waals surface area contributed by atoms with E-state index >= 15 is 0 Å². The first kappa shape index (κ1) is 26.2. The Hall–Kier alpha value is -4.39. The number of ether oxygens (including phenoxy) is 2. The number of benzene rings is 2. The molecule has 0 saturated carbocycles. The number of hydrogen-bond acceptors (Lipinski definition) is 7. The Bertz CT molecular complexity index is 1440. The van der Waals surface area contributed by atoms with Crippen LogP contribution in [0.3, 0.4) is 0 Å². The number of carbonyl (C=O) groups is 2. The lowest BCUT2D eigenvalue weighted by Crippen LogP contribution is -2.49. The van der Waals surface area contributed by atoms with Crippen molar-refractivity contribution in [1.29, 1.82) is 0 Å². The van der Waals surface area contributed by atoms with Gasteiger partial charge in [0.25, 0.3) is 11.8 Å². The van der Waals surface area contributed by atoms with E-state index in [4.69, 9.17) is 9.47 Å². The van der Waals surface area contributed by atoms with E-state index in [1.54, 1.807) is 31.3 Å². The van der Waals surface area contributed by atoms with Gasteiger partial charge in [-0.3, -0.25) is 14.6 Å². The predicted molar refractivity (Wildman–Crippen MR) is 146 cm³/mol. The maximum absolute atomic E-state index is 13.3. The summed E-state index contributed by atoms with van der Waals surface area (Å²) in [7, 11) is 1.63. The van der Waals surface area contributed by atoms with Gasteiger partial charge in [0, 0.05) is 24.9 Å². The van der Waals surface area contributed by atoms with E-state index in [2.05, 4.69) is 27.5 Å². The van der Waals surface area contributed by atoms with Crippen LogP contribution in [0.2, 0.25) is 0 Å². The summed E-state index contributed by atoms with van der Waals surface area (Å²) in [6, 6.07) is 15.1. The Labute approximate surface area is 227 Å². The Morgan fingerprint density at radius 3 is 2.69 bits per heavy atom. The van der Waals surface area contributed by atoms with Gasteiger partial charge in [-0.2, -0.15) is 0 Å². The molecular formula is C30H30N4O5. The van der Waals surface area contributed by atoms with Crippen LogP contribution in [0, 0.1) is 18.8 Å². The SMILES string of the molecule is Cc1ccc(Oc2ccnc(C(=O)N[C@H]3COc4ccc(C#CC5(O)CCNCC5)cc4N(C)C3=O)c2)cc1. The predicted octanol–water partition coefficient (Wildman–Crippen LogP) is 2.80. The quantitative estimate of drug-likeness (QED) is 0.448. The van der Waals surface area contributed by atoms with Crippen LogP contribution >= 0.6 is 0 Å².